The fourth-order valence-corrected chi connectivity index (χ4v) is 3.23. The van der Waals surface area contributed by atoms with Gasteiger partial charge < -0.3 is 24.8 Å². The molecule has 1 aromatic heterocycles. The van der Waals surface area contributed by atoms with Crippen molar-refractivity contribution in [1.29, 1.82) is 0 Å². The molecule has 1 aliphatic heterocycles. The highest BCUT2D eigenvalue weighted by Gasteiger charge is 2.38. The van der Waals surface area contributed by atoms with Crippen molar-refractivity contribution in [2.45, 2.75) is 84.1 Å². The molecule has 1 saturated heterocycles. The van der Waals surface area contributed by atoms with Crippen molar-refractivity contribution in [3.8, 4) is 0 Å². The second-order valence-corrected chi connectivity index (χ2v) is 9.68. The summed E-state index contributed by atoms with van der Waals surface area (Å²) in [6.45, 7) is 10.5. The van der Waals surface area contributed by atoms with Crippen LogP contribution in [0.3, 0.4) is 0 Å². The number of ether oxygens (including phenoxy) is 2. The number of rotatable bonds is 5. The number of amides is 2. The molecule has 2 amide bonds. The number of carbonyl (C=O) groups excluding carboxylic acids is 3. The van der Waals surface area contributed by atoms with Crippen LogP contribution in [0.15, 0.2) is 12.5 Å². The molecule has 2 N–H and O–H groups in total. The smallest absolute Gasteiger partial charge is 0.419 e. The van der Waals surface area contributed by atoms with Crippen LogP contribution in [0.25, 0.3) is 0 Å². The van der Waals surface area contributed by atoms with Gasteiger partial charge in [0.2, 0.25) is 5.91 Å². The maximum absolute atomic E-state index is 13.2. The molecule has 11 heteroatoms. The minimum Gasteiger partial charge on any atom is -0.480 e. The van der Waals surface area contributed by atoms with E-state index < -0.39 is 47.3 Å². The lowest BCUT2D eigenvalue weighted by atomic mass is 10.1. The number of aliphatic carboxylic acids is 1. The van der Waals surface area contributed by atoms with Crippen molar-refractivity contribution < 1.29 is 33.8 Å². The number of carboxylic acid groups (broad SMARTS) is 1. The Morgan fingerprint density at radius 1 is 1.16 bits per heavy atom. The molecule has 2 heterocycles. The van der Waals surface area contributed by atoms with E-state index in [0.29, 0.717) is 18.5 Å². The summed E-state index contributed by atoms with van der Waals surface area (Å²) in [5, 5.41) is 11.9. The summed E-state index contributed by atoms with van der Waals surface area (Å²) >= 11 is 0. The van der Waals surface area contributed by atoms with Gasteiger partial charge in [0.1, 0.15) is 29.6 Å². The lowest BCUT2D eigenvalue weighted by Crippen LogP contribution is -2.53. The van der Waals surface area contributed by atoms with E-state index in [2.05, 4.69) is 10.3 Å². The van der Waals surface area contributed by atoms with Gasteiger partial charge in [-0.2, -0.15) is 0 Å². The summed E-state index contributed by atoms with van der Waals surface area (Å²) in [6, 6.07) is -2.07. The Hall–Kier alpha value is -3.11. The number of nitrogens with zero attached hydrogens (tertiary/aromatic N) is 3. The molecule has 2 atom stereocenters. The topological polar surface area (TPSA) is 140 Å². The Bertz CT molecular complexity index is 866. The van der Waals surface area contributed by atoms with Crippen LogP contribution in [-0.2, 0) is 25.5 Å². The Morgan fingerprint density at radius 2 is 1.78 bits per heavy atom. The zero-order chi connectivity index (χ0) is 24.3. The monoisotopic (exact) mass is 452 g/mol. The first kappa shape index (κ1) is 25.2. The van der Waals surface area contributed by atoms with Crippen LogP contribution in [-0.4, -0.2) is 73.5 Å². The molecule has 1 fully saturated rings. The van der Waals surface area contributed by atoms with Crippen LogP contribution in [0.1, 0.15) is 60.1 Å². The number of hydrogen-bond donors (Lipinski definition) is 2. The summed E-state index contributed by atoms with van der Waals surface area (Å²) in [7, 11) is 0. The van der Waals surface area contributed by atoms with Crippen molar-refractivity contribution >= 4 is 24.1 Å². The molecule has 1 aliphatic rings. The van der Waals surface area contributed by atoms with Crippen LogP contribution >= 0.6 is 0 Å². The van der Waals surface area contributed by atoms with Gasteiger partial charge in [-0.25, -0.2) is 23.9 Å². The normalized spacial score (nSPS) is 17.6. The summed E-state index contributed by atoms with van der Waals surface area (Å²) in [5.74, 6) is -1.64. The second kappa shape index (κ2) is 9.58. The van der Waals surface area contributed by atoms with Gasteiger partial charge in [-0.3, -0.25) is 4.79 Å². The number of carbonyl (C=O) groups is 4. The second-order valence-electron chi connectivity index (χ2n) is 9.68. The Balaban J connectivity index is 2.21. The minimum atomic E-state index is -1.12. The SMILES string of the molecule is CC(C)(C)OC(=O)N[C@@H](Cc1cn(C(=O)OC(C)(C)C)cn1)C(=O)N1CCC[C@H]1C(=O)O. The molecule has 2 rings (SSSR count). The molecule has 0 radical (unpaired) electrons. The molecule has 1 aromatic rings. The number of likely N-dealkylation sites (tertiary alicyclic amines) is 1. The predicted octanol–water partition coefficient (Wildman–Crippen LogP) is 2.18. The standard InChI is InChI=1S/C21H32N4O7/c1-20(2,3)31-18(29)23-14(16(26)25-9-7-8-15(25)17(27)28)10-13-11-24(12-22-13)19(30)32-21(4,5)6/h11-12,14-15H,7-10H2,1-6H3,(H,23,29)(H,27,28)/t14-,15-/m0/s1. The zero-order valence-electron chi connectivity index (χ0n) is 19.4. The minimum absolute atomic E-state index is 0.0588. The number of nitrogens with one attached hydrogen (secondary N) is 1. The van der Waals surface area contributed by atoms with Gasteiger partial charge >= 0.3 is 18.2 Å². The van der Waals surface area contributed by atoms with Crippen molar-refractivity contribution in [3.63, 3.8) is 0 Å². The van der Waals surface area contributed by atoms with Gasteiger partial charge in [0.25, 0.3) is 0 Å². The van der Waals surface area contributed by atoms with Gasteiger partial charge in [0.05, 0.1) is 5.69 Å². The fourth-order valence-electron chi connectivity index (χ4n) is 3.23. The van der Waals surface area contributed by atoms with Gasteiger partial charge in [0, 0.05) is 19.2 Å². The molecule has 0 aliphatic carbocycles. The molecule has 0 aromatic carbocycles. The molecule has 0 spiro atoms. The molecule has 0 bridgehead atoms. The summed E-state index contributed by atoms with van der Waals surface area (Å²) in [6.07, 6.45) is 2.05. The average molecular weight is 453 g/mol. The predicted molar refractivity (Wildman–Crippen MR) is 113 cm³/mol. The summed E-state index contributed by atoms with van der Waals surface area (Å²) in [5.41, 5.74) is -1.14. The average Bonchev–Trinajstić information content (AvgIpc) is 3.27. The molecular weight excluding hydrogens is 420 g/mol. The van der Waals surface area contributed by atoms with E-state index in [0.717, 1.165) is 4.57 Å². The third kappa shape index (κ3) is 7.24. The first-order valence-electron chi connectivity index (χ1n) is 10.5. The summed E-state index contributed by atoms with van der Waals surface area (Å²) in [4.78, 5) is 54.6. The van der Waals surface area contributed by atoms with Crippen molar-refractivity contribution in [3.05, 3.63) is 18.2 Å². The number of imidazole rings is 1. The lowest BCUT2D eigenvalue weighted by molar-refractivity contribution is -0.149. The molecule has 0 saturated carbocycles. The first-order chi connectivity index (χ1) is 14.7. The van der Waals surface area contributed by atoms with Crippen molar-refractivity contribution in [2.24, 2.45) is 0 Å². The van der Waals surface area contributed by atoms with E-state index in [9.17, 15) is 24.3 Å². The number of alkyl carbamates (subject to hydrolysis) is 1. The van der Waals surface area contributed by atoms with Crippen LogP contribution in [0.2, 0.25) is 0 Å². The highest BCUT2D eigenvalue weighted by atomic mass is 16.6. The van der Waals surface area contributed by atoms with E-state index in [4.69, 9.17) is 9.47 Å². The zero-order valence-corrected chi connectivity index (χ0v) is 19.4. The largest absolute Gasteiger partial charge is 0.480 e. The third-order valence-corrected chi connectivity index (χ3v) is 4.46. The Labute approximate surface area is 187 Å². The van der Waals surface area contributed by atoms with Crippen LogP contribution in [0, 0.1) is 0 Å². The lowest BCUT2D eigenvalue weighted by Gasteiger charge is -2.28. The van der Waals surface area contributed by atoms with Gasteiger partial charge in [-0.15, -0.1) is 0 Å². The van der Waals surface area contributed by atoms with Crippen molar-refractivity contribution in [2.75, 3.05) is 6.54 Å². The quantitative estimate of drug-likeness (QED) is 0.693. The van der Waals surface area contributed by atoms with Crippen LogP contribution in [0.5, 0.6) is 0 Å². The number of aromatic nitrogens is 2. The molecular formula is C21H32N4O7. The molecule has 0 unspecified atom stereocenters. The van der Waals surface area contributed by atoms with E-state index in [1.165, 1.54) is 17.4 Å². The van der Waals surface area contributed by atoms with E-state index >= 15 is 0 Å². The molecule has 32 heavy (non-hydrogen) atoms. The fraction of sp³-hybridized carbons (Fsp3) is 0.667. The van der Waals surface area contributed by atoms with Gasteiger partial charge in [-0.1, -0.05) is 0 Å². The Morgan fingerprint density at radius 3 is 2.34 bits per heavy atom. The molecule has 11 nitrogen and oxygen atoms in total. The first-order valence-corrected chi connectivity index (χ1v) is 10.5. The maximum Gasteiger partial charge on any atom is 0.419 e. The Kier molecular flexibility index (Phi) is 7.53. The van der Waals surface area contributed by atoms with Gasteiger partial charge in [0.15, 0.2) is 0 Å². The van der Waals surface area contributed by atoms with Gasteiger partial charge in [-0.05, 0) is 54.4 Å². The van der Waals surface area contributed by atoms with E-state index in [1.807, 2.05) is 0 Å². The highest BCUT2D eigenvalue weighted by Crippen LogP contribution is 2.20. The summed E-state index contributed by atoms with van der Waals surface area (Å²) < 4.78 is 11.7. The number of carboxylic acids is 1. The third-order valence-electron chi connectivity index (χ3n) is 4.46. The molecule has 178 valence electrons. The van der Waals surface area contributed by atoms with E-state index in [1.54, 1.807) is 41.5 Å². The van der Waals surface area contributed by atoms with E-state index in [-0.39, 0.29) is 13.0 Å². The van der Waals surface area contributed by atoms with Crippen LogP contribution < -0.4 is 5.32 Å². The maximum atomic E-state index is 13.2. The number of hydrogen-bond acceptors (Lipinski definition) is 7. The van der Waals surface area contributed by atoms with Crippen molar-refractivity contribution in [1.82, 2.24) is 19.8 Å². The highest BCUT2D eigenvalue weighted by molar-refractivity contribution is 5.90. The van der Waals surface area contributed by atoms with Crippen LogP contribution in [0.4, 0.5) is 9.59 Å².